The molecule has 1 aliphatic heterocycles. The Hall–Kier alpha value is -3.28. The van der Waals surface area contributed by atoms with E-state index in [0.29, 0.717) is 35.5 Å². The number of imidazole rings is 1. The van der Waals surface area contributed by atoms with Gasteiger partial charge in [-0.3, -0.25) is 14.5 Å². The first-order valence-electron chi connectivity index (χ1n) is 13.8. The molecule has 5 heterocycles. The van der Waals surface area contributed by atoms with E-state index in [9.17, 15) is 4.79 Å². The number of hydrogen-bond acceptors (Lipinski definition) is 9. The summed E-state index contributed by atoms with van der Waals surface area (Å²) in [7, 11) is 3.48. The first kappa shape index (κ1) is 26.9. The van der Waals surface area contributed by atoms with Crippen molar-refractivity contribution in [2.45, 2.75) is 57.7 Å². The first-order chi connectivity index (χ1) is 19.4. The zero-order chi connectivity index (χ0) is 27.8. The van der Waals surface area contributed by atoms with Gasteiger partial charge in [0.1, 0.15) is 5.69 Å². The third-order valence-corrected chi connectivity index (χ3v) is 8.47. The van der Waals surface area contributed by atoms with Gasteiger partial charge < -0.3 is 18.9 Å². The maximum atomic E-state index is 11.8. The zero-order valence-electron chi connectivity index (χ0n) is 23.0. The van der Waals surface area contributed by atoms with Crippen LogP contribution in [0.15, 0.2) is 33.8 Å². The van der Waals surface area contributed by atoms with E-state index in [1.54, 1.807) is 26.6 Å². The van der Waals surface area contributed by atoms with Gasteiger partial charge in [-0.2, -0.15) is 0 Å². The second kappa shape index (κ2) is 11.3. The molecule has 4 aromatic heterocycles. The largest absolute Gasteiger partial charge is 0.439 e. The number of nitrogens with one attached hydrogen (secondary N) is 1. The Kier molecular flexibility index (Phi) is 7.61. The molecular formula is C28H34ClN7O4. The Bertz CT molecular complexity index is 1540. The van der Waals surface area contributed by atoms with E-state index in [1.165, 1.54) is 25.7 Å². The Morgan fingerprint density at radius 3 is 2.67 bits per heavy atom. The molecule has 1 N–H and O–H groups in total. The second-order valence-corrected chi connectivity index (χ2v) is 11.5. The Labute approximate surface area is 236 Å². The Balaban J connectivity index is 1.57. The summed E-state index contributed by atoms with van der Waals surface area (Å²) in [4.78, 5) is 31.2. The van der Waals surface area contributed by atoms with Crippen LogP contribution in [-0.4, -0.2) is 69.2 Å². The van der Waals surface area contributed by atoms with E-state index in [1.807, 2.05) is 12.1 Å². The number of aromatic amines is 1. The highest BCUT2D eigenvalue weighted by atomic mass is 35.5. The molecule has 1 aliphatic carbocycles. The van der Waals surface area contributed by atoms with Gasteiger partial charge in [0.25, 0.3) is 0 Å². The van der Waals surface area contributed by atoms with Crippen molar-refractivity contribution in [2.75, 3.05) is 32.3 Å². The molecule has 1 saturated heterocycles. The molecule has 40 heavy (non-hydrogen) atoms. The third kappa shape index (κ3) is 5.25. The van der Waals surface area contributed by atoms with E-state index >= 15 is 0 Å². The van der Waals surface area contributed by atoms with E-state index in [2.05, 4.69) is 31.5 Å². The number of ether oxygens (including phenoxy) is 2. The summed E-state index contributed by atoms with van der Waals surface area (Å²) in [6, 6.07) is 3.81. The van der Waals surface area contributed by atoms with Crippen molar-refractivity contribution in [3.05, 3.63) is 40.1 Å². The monoisotopic (exact) mass is 567 g/mol. The summed E-state index contributed by atoms with van der Waals surface area (Å²) < 4.78 is 18.5. The maximum Gasteiger partial charge on any atom is 0.439 e. The van der Waals surface area contributed by atoms with Crippen molar-refractivity contribution in [3.63, 3.8) is 0 Å². The van der Waals surface area contributed by atoms with Crippen LogP contribution in [0, 0.1) is 11.8 Å². The minimum atomic E-state index is -0.648. The number of pyridine rings is 2. The standard InChI is InChI=1S/C28H34ClN7O4/c1-16-4-6-17(7-5-16)13-36-25-22(32-27(36)35-14-21(39-3)9-20(35)15-38-2)10-23(26-33-28(37)40-34-26)31-24(25)18-8-19(29)12-30-11-18/h8,10-12,16-17,20-21H,4-7,9,13-15H2,1-3H3,(H,33,34,37)/t16?,17?,20?,21-/m1/s1. The van der Waals surface area contributed by atoms with Crippen molar-refractivity contribution in [1.82, 2.24) is 29.7 Å². The van der Waals surface area contributed by atoms with Gasteiger partial charge in [0.15, 0.2) is 0 Å². The van der Waals surface area contributed by atoms with Gasteiger partial charge in [-0.05, 0) is 43.2 Å². The molecule has 2 aliphatic rings. The van der Waals surface area contributed by atoms with E-state index in [-0.39, 0.29) is 18.0 Å². The molecule has 2 atom stereocenters. The lowest BCUT2D eigenvalue weighted by molar-refractivity contribution is 0.111. The van der Waals surface area contributed by atoms with Gasteiger partial charge in [0.2, 0.25) is 11.8 Å². The number of halogens is 1. The predicted molar refractivity (Wildman–Crippen MR) is 151 cm³/mol. The molecule has 1 saturated carbocycles. The number of fused-ring (bicyclic) bond motifs is 1. The average molecular weight is 568 g/mol. The summed E-state index contributed by atoms with van der Waals surface area (Å²) in [6.07, 6.45) is 9.05. The molecule has 1 unspecified atom stereocenters. The van der Waals surface area contributed by atoms with Crippen LogP contribution in [0.25, 0.3) is 33.8 Å². The van der Waals surface area contributed by atoms with Crippen LogP contribution in [0.1, 0.15) is 39.0 Å². The van der Waals surface area contributed by atoms with E-state index < -0.39 is 5.76 Å². The molecule has 212 valence electrons. The molecule has 12 heteroatoms. The maximum absolute atomic E-state index is 11.8. The highest BCUT2D eigenvalue weighted by Crippen LogP contribution is 2.38. The first-order valence-corrected chi connectivity index (χ1v) is 14.2. The third-order valence-electron chi connectivity index (χ3n) is 8.27. The molecule has 0 aromatic carbocycles. The molecule has 6 rings (SSSR count). The van der Waals surface area contributed by atoms with Crippen molar-refractivity contribution < 1.29 is 14.0 Å². The molecular weight excluding hydrogens is 534 g/mol. The van der Waals surface area contributed by atoms with Crippen molar-refractivity contribution in [2.24, 2.45) is 11.8 Å². The van der Waals surface area contributed by atoms with E-state index in [4.69, 9.17) is 35.6 Å². The van der Waals surface area contributed by atoms with Crippen LogP contribution in [0.3, 0.4) is 0 Å². The van der Waals surface area contributed by atoms with Crippen LogP contribution in [0.2, 0.25) is 5.02 Å². The number of nitrogens with zero attached hydrogens (tertiary/aromatic N) is 6. The molecule has 0 spiro atoms. The quantitative estimate of drug-likeness (QED) is 0.326. The summed E-state index contributed by atoms with van der Waals surface area (Å²) in [5, 5.41) is 4.39. The highest BCUT2D eigenvalue weighted by molar-refractivity contribution is 6.30. The molecule has 2 fully saturated rings. The minimum Gasteiger partial charge on any atom is -0.383 e. The van der Waals surface area contributed by atoms with E-state index in [0.717, 1.165) is 41.4 Å². The normalized spacial score (nSPS) is 23.4. The number of hydrogen-bond donors (Lipinski definition) is 1. The fourth-order valence-electron chi connectivity index (χ4n) is 6.15. The molecule has 11 nitrogen and oxygen atoms in total. The summed E-state index contributed by atoms with van der Waals surface area (Å²) in [5.41, 5.74) is 3.49. The van der Waals surface area contributed by atoms with Crippen LogP contribution < -0.4 is 10.7 Å². The van der Waals surface area contributed by atoms with Crippen LogP contribution in [-0.2, 0) is 16.0 Å². The van der Waals surface area contributed by atoms with Gasteiger partial charge in [0.05, 0.1) is 40.5 Å². The van der Waals surface area contributed by atoms with Crippen LogP contribution >= 0.6 is 11.6 Å². The number of anilines is 1. The Morgan fingerprint density at radius 2 is 1.98 bits per heavy atom. The molecule has 0 amide bonds. The highest BCUT2D eigenvalue weighted by Gasteiger charge is 2.36. The summed E-state index contributed by atoms with van der Waals surface area (Å²) in [6.45, 7) is 4.43. The zero-order valence-corrected chi connectivity index (χ0v) is 23.7. The Morgan fingerprint density at radius 1 is 1.15 bits per heavy atom. The number of methoxy groups -OCH3 is 2. The van der Waals surface area contributed by atoms with Crippen LogP contribution in [0.5, 0.6) is 0 Å². The minimum absolute atomic E-state index is 0.0782. The lowest BCUT2D eigenvalue weighted by Crippen LogP contribution is -2.35. The average Bonchev–Trinajstić information content (AvgIpc) is 3.66. The SMILES string of the molecule is COCC1C[C@@H](OC)CN1c1nc2cc(-c3noc(=O)[nH]3)nc(-c3cncc(Cl)c3)c2n1CC1CCC(C)CC1. The predicted octanol–water partition coefficient (Wildman–Crippen LogP) is 4.56. The van der Waals surface area contributed by atoms with Gasteiger partial charge in [0, 0.05) is 45.3 Å². The lowest BCUT2D eigenvalue weighted by atomic mass is 9.83. The van der Waals surface area contributed by atoms with Gasteiger partial charge >= 0.3 is 5.76 Å². The fourth-order valence-corrected chi connectivity index (χ4v) is 6.32. The number of aromatic nitrogens is 6. The van der Waals surface area contributed by atoms with Crippen molar-refractivity contribution in [1.29, 1.82) is 0 Å². The van der Waals surface area contributed by atoms with Gasteiger partial charge in [-0.25, -0.2) is 14.8 Å². The molecule has 0 bridgehead atoms. The summed E-state index contributed by atoms with van der Waals surface area (Å²) in [5.74, 6) is 1.72. The topological polar surface area (TPSA) is 124 Å². The van der Waals surface area contributed by atoms with Gasteiger partial charge in [-0.1, -0.05) is 36.5 Å². The van der Waals surface area contributed by atoms with Crippen LogP contribution in [0.4, 0.5) is 5.95 Å². The smallest absolute Gasteiger partial charge is 0.383 e. The van der Waals surface area contributed by atoms with Gasteiger partial charge in [-0.15, -0.1) is 0 Å². The fraction of sp³-hybridized carbons (Fsp3) is 0.536. The molecule has 0 radical (unpaired) electrons. The number of rotatable bonds is 8. The van der Waals surface area contributed by atoms with Crippen molar-refractivity contribution in [3.8, 4) is 22.8 Å². The lowest BCUT2D eigenvalue weighted by Gasteiger charge is -2.30. The van der Waals surface area contributed by atoms with Crippen molar-refractivity contribution >= 4 is 28.6 Å². The summed E-state index contributed by atoms with van der Waals surface area (Å²) >= 11 is 6.39. The number of H-pyrrole nitrogens is 1. The second-order valence-electron chi connectivity index (χ2n) is 11.1. The molecule has 4 aromatic rings.